The van der Waals surface area contributed by atoms with Crippen LogP contribution in [0, 0.1) is 5.92 Å². The lowest BCUT2D eigenvalue weighted by atomic mass is 9.76. The zero-order valence-electron chi connectivity index (χ0n) is 22.4. The number of urea groups is 1. The van der Waals surface area contributed by atoms with Crippen LogP contribution in [0.5, 0.6) is 0 Å². The number of nitrogens with one attached hydrogen (secondary N) is 3. The van der Waals surface area contributed by atoms with Crippen LogP contribution in [0.4, 0.5) is 32.6 Å². The maximum absolute atomic E-state index is 13.7. The average Bonchev–Trinajstić information content (AvgIpc) is 3.52. The molecular weight excluding hydrogens is 557 g/mol. The van der Waals surface area contributed by atoms with E-state index < -0.39 is 73.4 Å². The first-order valence-corrected chi connectivity index (χ1v) is 12.8. The van der Waals surface area contributed by atoms with Crippen LogP contribution in [-0.4, -0.2) is 82.0 Å². The van der Waals surface area contributed by atoms with Gasteiger partial charge in [-0.05, 0) is 43.5 Å². The predicted octanol–water partition coefficient (Wildman–Crippen LogP) is 3.29. The van der Waals surface area contributed by atoms with E-state index in [9.17, 15) is 36.3 Å². The van der Waals surface area contributed by atoms with Crippen LogP contribution in [0.1, 0.15) is 54.8 Å². The number of alkyl halides is 5. The van der Waals surface area contributed by atoms with Crippen molar-refractivity contribution >= 4 is 23.7 Å². The first kappa shape index (κ1) is 30.1. The Kier molecular flexibility index (Phi) is 8.52. The molecule has 4 amide bonds. The topological polar surface area (TPSA) is 130 Å². The smallest absolute Gasteiger partial charge is 0.382 e. The van der Waals surface area contributed by atoms with E-state index in [1.54, 1.807) is 13.8 Å². The van der Waals surface area contributed by atoms with Crippen LogP contribution in [0.3, 0.4) is 0 Å². The van der Waals surface area contributed by atoms with Crippen LogP contribution in [0.15, 0.2) is 30.6 Å². The summed E-state index contributed by atoms with van der Waals surface area (Å²) < 4.78 is 73.7. The van der Waals surface area contributed by atoms with Crippen LogP contribution in [0.25, 0.3) is 0 Å². The molecule has 2 fully saturated rings. The minimum atomic E-state index is -4.65. The van der Waals surface area contributed by atoms with Gasteiger partial charge in [0, 0.05) is 38.4 Å². The second-order valence-electron chi connectivity index (χ2n) is 10.4. The third-order valence-corrected chi connectivity index (χ3v) is 7.01. The fraction of sp³-hybridized carbons (Fsp3) is 0.560. The number of ether oxygens (including phenoxy) is 1. The molecule has 0 aromatic carbocycles. The number of anilines is 1. The maximum Gasteiger partial charge on any atom is 0.410 e. The van der Waals surface area contributed by atoms with Crippen molar-refractivity contribution in [2.45, 2.75) is 63.0 Å². The number of hydrogen-bond donors (Lipinski definition) is 3. The normalized spacial score (nSPS) is 20.4. The van der Waals surface area contributed by atoms with Gasteiger partial charge >= 0.3 is 12.2 Å². The van der Waals surface area contributed by atoms with E-state index >= 15 is 0 Å². The molecule has 224 valence electrons. The molecular formula is C25H30F5N7O4. The SMILES string of the molecule is COC[C@H](c1ccnc(NC(=O)[C@H](NC(=O)c2ccnn2C(C)C)C2CC(F)(F)C2)c1)N1C[C@@H](C(F)(F)F)NC1=O. The van der Waals surface area contributed by atoms with Gasteiger partial charge in [-0.2, -0.15) is 18.3 Å². The first-order valence-electron chi connectivity index (χ1n) is 12.8. The molecule has 0 spiro atoms. The van der Waals surface area contributed by atoms with Crippen molar-refractivity contribution in [1.29, 1.82) is 0 Å². The van der Waals surface area contributed by atoms with Crippen LogP contribution < -0.4 is 16.0 Å². The summed E-state index contributed by atoms with van der Waals surface area (Å²) in [4.78, 5) is 43.7. The Hall–Kier alpha value is -3.82. The number of rotatable bonds is 10. The van der Waals surface area contributed by atoms with Crippen molar-refractivity contribution in [1.82, 2.24) is 30.3 Å². The highest BCUT2D eigenvalue weighted by Gasteiger charge is 2.51. The molecule has 3 atom stereocenters. The Morgan fingerprint density at radius 3 is 2.51 bits per heavy atom. The maximum atomic E-state index is 13.7. The summed E-state index contributed by atoms with van der Waals surface area (Å²) in [5.41, 5.74) is 0.458. The lowest BCUT2D eigenvalue weighted by Crippen LogP contribution is -2.55. The number of methoxy groups -OCH3 is 1. The van der Waals surface area contributed by atoms with Crippen molar-refractivity contribution in [3.63, 3.8) is 0 Å². The molecule has 1 aliphatic carbocycles. The van der Waals surface area contributed by atoms with Gasteiger partial charge in [-0.15, -0.1) is 0 Å². The van der Waals surface area contributed by atoms with Crippen molar-refractivity contribution < 1.29 is 41.1 Å². The molecule has 0 radical (unpaired) electrons. The molecule has 0 bridgehead atoms. The van der Waals surface area contributed by atoms with E-state index in [4.69, 9.17) is 4.74 Å². The highest BCUT2D eigenvalue weighted by atomic mass is 19.4. The van der Waals surface area contributed by atoms with Crippen LogP contribution in [0.2, 0.25) is 0 Å². The minimum Gasteiger partial charge on any atom is -0.382 e. The van der Waals surface area contributed by atoms with Gasteiger partial charge in [0.1, 0.15) is 23.6 Å². The van der Waals surface area contributed by atoms with Gasteiger partial charge in [0.05, 0.1) is 19.2 Å². The molecule has 2 aromatic rings. The number of pyridine rings is 1. The Morgan fingerprint density at radius 2 is 1.93 bits per heavy atom. The van der Waals surface area contributed by atoms with E-state index in [1.807, 2.05) is 5.32 Å². The van der Waals surface area contributed by atoms with Gasteiger partial charge in [-0.25, -0.2) is 18.6 Å². The summed E-state index contributed by atoms with van der Waals surface area (Å²) in [6, 6.07) is -1.23. The van der Waals surface area contributed by atoms with Crippen molar-refractivity contribution in [3.05, 3.63) is 41.9 Å². The van der Waals surface area contributed by atoms with Crippen molar-refractivity contribution in [2.24, 2.45) is 5.92 Å². The number of carbonyl (C=O) groups excluding carboxylic acids is 3. The molecule has 1 saturated carbocycles. The molecule has 0 unspecified atom stereocenters. The van der Waals surface area contributed by atoms with Crippen molar-refractivity contribution in [3.8, 4) is 0 Å². The van der Waals surface area contributed by atoms with Gasteiger partial charge in [-0.1, -0.05) is 0 Å². The first-order chi connectivity index (χ1) is 19.2. The fourth-order valence-corrected chi connectivity index (χ4v) is 4.92. The standard InChI is InChI=1S/C25H30F5N7O4/c1-13(2)37-16(5-7-32-37)21(38)35-20(15-9-24(26,27)10-15)22(39)34-19-8-14(4-6-31-19)17(12-41-3)36-11-18(25(28,29)30)33-23(36)40/h4-8,13,15,17-18,20H,9-12H2,1-3H3,(H,33,40)(H,35,38)(H,31,34,39)/t17-,18+,20-/m1/s1. The Labute approximate surface area is 231 Å². The molecule has 41 heavy (non-hydrogen) atoms. The average molecular weight is 588 g/mol. The molecule has 16 heteroatoms. The predicted molar refractivity (Wildman–Crippen MR) is 134 cm³/mol. The molecule has 1 saturated heterocycles. The highest BCUT2D eigenvalue weighted by Crippen LogP contribution is 2.44. The second-order valence-corrected chi connectivity index (χ2v) is 10.4. The van der Waals surface area contributed by atoms with Gasteiger partial charge in [0.2, 0.25) is 11.8 Å². The highest BCUT2D eigenvalue weighted by molar-refractivity contribution is 6.00. The van der Waals surface area contributed by atoms with Gasteiger partial charge in [0.15, 0.2) is 0 Å². The van der Waals surface area contributed by atoms with E-state index in [1.165, 1.54) is 42.4 Å². The van der Waals surface area contributed by atoms with E-state index in [0.29, 0.717) is 5.56 Å². The van der Waals surface area contributed by atoms with Gasteiger partial charge in [0.25, 0.3) is 5.91 Å². The van der Waals surface area contributed by atoms with Crippen molar-refractivity contribution in [2.75, 3.05) is 25.6 Å². The minimum absolute atomic E-state index is 0.0573. The molecule has 1 aliphatic heterocycles. The molecule has 4 rings (SSSR count). The lowest BCUT2D eigenvalue weighted by Gasteiger charge is -2.39. The molecule has 11 nitrogen and oxygen atoms in total. The summed E-state index contributed by atoms with van der Waals surface area (Å²) in [5, 5.41) is 11.0. The molecule has 3 heterocycles. The lowest BCUT2D eigenvalue weighted by molar-refractivity contribution is -0.150. The second kappa shape index (κ2) is 11.6. The Balaban J connectivity index is 1.53. The molecule has 2 aromatic heterocycles. The summed E-state index contributed by atoms with van der Waals surface area (Å²) in [6.45, 7) is 2.78. The van der Waals surface area contributed by atoms with E-state index in [2.05, 4.69) is 20.7 Å². The Morgan fingerprint density at radius 1 is 1.22 bits per heavy atom. The summed E-state index contributed by atoms with van der Waals surface area (Å²) in [5.74, 6) is -5.37. The Bertz CT molecular complexity index is 1280. The van der Waals surface area contributed by atoms with Gasteiger partial charge < -0.3 is 25.6 Å². The van der Waals surface area contributed by atoms with Gasteiger partial charge in [-0.3, -0.25) is 14.3 Å². The monoisotopic (exact) mass is 587 g/mol. The zero-order chi connectivity index (χ0) is 30.1. The van der Waals surface area contributed by atoms with Crippen LogP contribution in [-0.2, 0) is 9.53 Å². The van der Waals surface area contributed by atoms with Crippen LogP contribution >= 0.6 is 0 Å². The largest absolute Gasteiger partial charge is 0.410 e. The molecule has 2 aliphatic rings. The summed E-state index contributed by atoms with van der Waals surface area (Å²) in [7, 11) is 1.32. The fourth-order valence-electron chi connectivity index (χ4n) is 4.92. The quantitative estimate of drug-likeness (QED) is 0.366. The van der Waals surface area contributed by atoms with E-state index in [0.717, 1.165) is 4.90 Å². The number of carbonyl (C=O) groups is 3. The summed E-state index contributed by atoms with van der Waals surface area (Å²) in [6.07, 6.45) is -3.19. The molecule has 3 N–H and O–H groups in total. The number of aromatic nitrogens is 3. The number of hydrogen-bond acceptors (Lipinski definition) is 6. The summed E-state index contributed by atoms with van der Waals surface area (Å²) >= 11 is 0. The number of nitrogens with zero attached hydrogens (tertiary/aromatic N) is 4. The number of amides is 4. The third kappa shape index (κ3) is 6.74. The zero-order valence-corrected chi connectivity index (χ0v) is 22.4. The van der Waals surface area contributed by atoms with E-state index in [-0.39, 0.29) is 24.2 Å². The third-order valence-electron chi connectivity index (χ3n) is 7.01. The number of halogens is 5.